The topological polar surface area (TPSA) is 73.2 Å². The number of methoxy groups -OCH3 is 1. The van der Waals surface area contributed by atoms with Gasteiger partial charge in [-0.25, -0.2) is 4.79 Å². The molecule has 0 unspecified atom stereocenters. The Labute approximate surface area is 161 Å². The third kappa shape index (κ3) is 4.54. The Bertz CT molecular complexity index is 980. The molecule has 3 rings (SSSR count). The molecular weight excluding hydrogens is 366 g/mol. The van der Waals surface area contributed by atoms with Crippen molar-refractivity contribution in [3.63, 3.8) is 0 Å². The van der Waals surface area contributed by atoms with Gasteiger partial charge in [-0.2, -0.15) is 5.10 Å². The monoisotopic (exact) mass is 383 g/mol. The number of ether oxygens (including phenoxy) is 1. The molecule has 0 bridgehead atoms. The van der Waals surface area contributed by atoms with Gasteiger partial charge < -0.3 is 10.1 Å². The van der Waals surface area contributed by atoms with Gasteiger partial charge in [-0.1, -0.05) is 23.7 Å². The molecule has 1 heterocycles. The van der Waals surface area contributed by atoms with E-state index in [2.05, 4.69) is 15.2 Å². The highest BCUT2D eigenvalue weighted by molar-refractivity contribution is 6.30. The standard InChI is InChI=1S/C20H18ClN3O3/c1-13-10-18(23-24(13)12-14-4-3-5-17(21)11-14)22-19(25)15-6-8-16(9-7-15)20(26)27-2/h3-11H,12H2,1-2H3,(H,22,23,25). The highest BCUT2D eigenvalue weighted by Gasteiger charge is 2.12. The van der Waals surface area contributed by atoms with Crippen molar-refractivity contribution in [2.24, 2.45) is 0 Å². The molecule has 0 saturated heterocycles. The molecule has 138 valence electrons. The number of nitrogens with one attached hydrogen (secondary N) is 1. The molecule has 0 fully saturated rings. The maximum atomic E-state index is 12.4. The number of amides is 1. The molecule has 0 spiro atoms. The summed E-state index contributed by atoms with van der Waals surface area (Å²) < 4.78 is 6.44. The molecular formula is C20H18ClN3O3. The van der Waals surface area contributed by atoms with Crippen molar-refractivity contribution in [3.05, 3.63) is 82.0 Å². The molecule has 1 N–H and O–H groups in total. The number of anilines is 1. The highest BCUT2D eigenvalue weighted by atomic mass is 35.5. The van der Waals surface area contributed by atoms with Crippen LogP contribution in [-0.2, 0) is 11.3 Å². The van der Waals surface area contributed by atoms with Crippen LogP contribution in [0.1, 0.15) is 32.0 Å². The number of carbonyl (C=O) groups is 2. The lowest BCUT2D eigenvalue weighted by Gasteiger charge is -2.05. The van der Waals surface area contributed by atoms with Gasteiger partial charge in [0.15, 0.2) is 5.82 Å². The number of rotatable bonds is 5. The number of benzene rings is 2. The molecule has 2 aromatic carbocycles. The van der Waals surface area contributed by atoms with E-state index in [1.807, 2.05) is 31.2 Å². The second kappa shape index (κ2) is 8.05. The van der Waals surface area contributed by atoms with Crippen LogP contribution in [0.3, 0.4) is 0 Å². The van der Waals surface area contributed by atoms with E-state index in [1.165, 1.54) is 7.11 Å². The van der Waals surface area contributed by atoms with Crippen LogP contribution in [-0.4, -0.2) is 28.8 Å². The summed E-state index contributed by atoms with van der Waals surface area (Å²) in [4.78, 5) is 23.8. The lowest BCUT2D eigenvalue weighted by molar-refractivity contribution is 0.0600. The molecule has 0 aliphatic rings. The zero-order chi connectivity index (χ0) is 19.4. The van der Waals surface area contributed by atoms with Gasteiger partial charge in [0.1, 0.15) is 0 Å². The van der Waals surface area contributed by atoms with Crippen LogP contribution in [0.15, 0.2) is 54.6 Å². The van der Waals surface area contributed by atoms with E-state index in [-0.39, 0.29) is 5.91 Å². The summed E-state index contributed by atoms with van der Waals surface area (Å²) in [5.41, 5.74) is 2.73. The van der Waals surface area contributed by atoms with Crippen LogP contribution in [0.4, 0.5) is 5.82 Å². The first-order chi connectivity index (χ1) is 13.0. The Hall–Kier alpha value is -3.12. The number of esters is 1. The van der Waals surface area contributed by atoms with Gasteiger partial charge in [-0.15, -0.1) is 0 Å². The van der Waals surface area contributed by atoms with Gasteiger partial charge >= 0.3 is 5.97 Å². The number of aryl methyl sites for hydroxylation is 1. The molecule has 3 aromatic rings. The Kier molecular flexibility index (Phi) is 5.57. The average molecular weight is 384 g/mol. The maximum absolute atomic E-state index is 12.4. The first kappa shape index (κ1) is 18.7. The second-order valence-electron chi connectivity index (χ2n) is 5.98. The second-order valence-corrected chi connectivity index (χ2v) is 6.42. The van der Waals surface area contributed by atoms with Crippen molar-refractivity contribution in [2.45, 2.75) is 13.5 Å². The zero-order valence-corrected chi connectivity index (χ0v) is 15.7. The predicted molar refractivity (Wildman–Crippen MR) is 103 cm³/mol. The summed E-state index contributed by atoms with van der Waals surface area (Å²) in [5.74, 6) is -0.298. The van der Waals surface area contributed by atoms with Gasteiger partial charge in [0, 0.05) is 22.3 Å². The van der Waals surface area contributed by atoms with E-state index in [1.54, 1.807) is 35.0 Å². The van der Waals surface area contributed by atoms with Gasteiger partial charge in [0.25, 0.3) is 5.91 Å². The van der Waals surface area contributed by atoms with E-state index in [0.717, 1.165) is 11.3 Å². The number of hydrogen-bond donors (Lipinski definition) is 1. The lowest BCUT2D eigenvalue weighted by atomic mass is 10.1. The molecule has 6 nitrogen and oxygen atoms in total. The van der Waals surface area contributed by atoms with Crippen LogP contribution < -0.4 is 5.32 Å². The van der Waals surface area contributed by atoms with Gasteiger partial charge in [-0.05, 0) is 48.9 Å². The molecule has 27 heavy (non-hydrogen) atoms. The smallest absolute Gasteiger partial charge is 0.337 e. The summed E-state index contributed by atoms with van der Waals surface area (Å²) >= 11 is 6.02. The van der Waals surface area contributed by atoms with E-state index >= 15 is 0 Å². The SMILES string of the molecule is COC(=O)c1ccc(C(=O)Nc2cc(C)n(Cc3cccc(Cl)c3)n2)cc1. The fourth-order valence-corrected chi connectivity index (χ4v) is 2.82. The van der Waals surface area contributed by atoms with Crippen LogP contribution in [0.25, 0.3) is 0 Å². The molecule has 0 atom stereocenters. The van der Waals surface area contributed by atoms with E-state index in [9.17, 15) is 9.59 Å². The fourth-order valence-electron chi connectivity index (χ4n) is 2.60. The minimum Gasteiger partial charge on any atom is -0.465 e. The van der Waals surface area contributed by atoms with Crippen molar-refractivity contribution in [3.8, 4) is 0 Å². The van der Waals surface area contributed by atoms with E-state index in [0.29, 0.717) is 28.5 Å². The van der Waals surface area contributed by atoms with Crippen molar-refractivity contribution < 1.29 is 14.3 Å². The third-order valence-electron chi connectivity index (χ3n) is 4.01. The molecule has 0 aliphatic carbocycles. The van der Waals surface area contributed by atoms with Crippen LogP contribution >= 0.6 is 11.6 Å². The summed E-state index contributed by atoms with van der Waals surface area (Å²) in [6, 6.07) is 15.6. The average Bonchev–Trinajstić information content (AvgIpc) is 3.00. The minimum absolute atomic E-state index is 0.307. The van der Waals surface area contributed by atoms with Crippen molar-refractivity contribution in [1.29, 1.82) is 0 Å². The van der Waals surface area contributed by atoms with Crippen molar-refractivity contribution in [1.82, 2.24) is 9.78 Å². The largest absolute Gasteiger partial charge is 0.465 e. The first-order valence-corrected chi connectivity index (χ1v) is 8.62. The highest BCUT2D eigenvalue weighted by Crippen LogP contribution is 2.16. The van der Waals surface area contributed by atoms with Crippen LogP contribution in [0.2, 0.25) is 5.02 Å². The molecule has 0 radical (unpaired) electrons. The Morgan fingerprint density at radius 1 is 1.11 bits per heavy atom. The van der Waals surface area contributed by atoms with E-state index in [4.69, 9.17) is 11.6 Å². The summed E-state index contributed by atoms with van der Waals surface area (Å²) in [6.07, 6.45) is 0. The molecule has 0 aliphatic heterocycles. The van der Waals surface area contributed by atoms with Crippen molar-refractivity contribution in [2.75, 3.05) is 12.4 Å². The minimum atomic E-state index is -0.447. The number of nitrogens with zero attached hydrogens (tertiary/aromatic N) is 2. The molecule has 1 aromatic heterocycles. The number of aromatic nitrogens is 2. The Morgan fingerprint density at radius 2 is 1.81 bits per heavy atom. The van der Waals surface area contributed by atoms with E-state index < -0.39 is 5.97 Å². The fraction of sp³-hybridized carbons (Fsp3) is 0.150. The predicted octanol–water partition coefficient (Wildman–Crippen LogP) is 3.93. The zero-order valence-electron chi connectivity index (χ0n) is 14.9. The summed E-state index contributed by atoms with van der Waals surface area (Å²) in [7, 11) is 1.31. The normalized spacial score (nSPS) is 10.5. The Morgan fingerprint density at radius 3 is 2.48 bits per heavy atom. The quantitative estimate of drug-likeness (QED) is 0.677. The molecule has 0 saturated carbocycles. The lowest BCUT2D eigenvalue weighted by Crippen LogP contribution is -2.13. The molecule has 7 heteroatoms. The maximum Gasteiger partial charge on any atom is 0.337 e. The first-order valence-electron chi connectivity index (χ1n) is 8.25. The van der Waals surface area contributed by atoms with Crippen LogP contribution in [0.5, 0.6) is 0 Å². The summed E-state index contributed by atoms with van der Waals surface area (Å²) in [6.45, 7) is 2.47. The van der Waals surface area contributed by atoms with Gasteiger partial charge in [-0.3, -0.25) is 9.48 Å². The number of hydrogen-bond acceptors (Lipinski definition) is 4. The number of halogens is 1. The Balaban J connectivity index is 1.70. The molecule has 1 amide bonds. The van der Waals surface area contributed by atoms with Gasteiger partial charge in [0.05, 0.1) is 19.2 Å². The third-order valence-corrected chi connectivity index (χ3v) is 4.25. The van der Waals surface area contributed by atoms with Crippen LogP contribution in [0, 0.1) is 6.92 Å². The number of carbonyl (C=O) groups excluding carboxylic acids is 2. The van der Waals surface area contributed by atoms with Crippen molar-refractivity contribution >= 4 is 29.3 Å². The summed E-state index contributed by atoms with van der Waals surface area (Å²) in [5, 5.41) is 7.86. The van der Waals surface area contributed by atoms with Gasteiger partial charge in [0.2, 0.25) is 0 Å².